The molecule has 2 aromatic carbocycles. The second-order valence-electron chi connectivity index (χ2n) is 4.29. The van der Waals surface area contributed by atoms with E-state index in [9.17, 15) is 18.4 Å². The molecule has 5 nitrogen and oxygen atoms in total. The van der Waals surface area contributed by atoms with Crippen molar-refractivity contribution in [3.8, 4) is 5.75 Å². The minimum Gasteiger partial charge on any atom is -0.434 e. The summed E-state index contributed by atoms with van der Waals surface area (Å²) in [6.07, 6.45) is 0. The molecule has 0 aliphatic rings. The molecule has 0 aliphatic carbocycles. The second kappa shape index (κ2) is 7.68. The summed E-state index contributed by atoms with van der Waals surface area (Å²) in [5, 5.41) is 0. The van der Waals surface area contributed by atoms with Crippen molar-refractivity contribution >= 4 is 27.7 Å². The maximum atomic E-state index is 12.3. The number of hydrazine groups is 1. The standard InChI is InChI=1S/C15H11BrF2N2O3/c16-10-7-5-9(6-8-10)13(21)19-20-14(22)11-3-1-2-4-12(11)23-15(17)18/h1-8,15H,(H,19,21)(H,20,22). The second-order valence-corrected chi connectivity index (χ2v) is 5.21. The van der Waals surface area contributed by atoms with E-state index in [1.807, 2.05) is 0 Å². The fraction of sp³-hybridized carbons (Fsp3) is 0.0667. The Kier molecular flexibility index (Phi) is 5.64. The lowest BCUT2D eigenvalue weighted by atomic mass is 10.2. The first-order valence-electron chi connectivity index (χ1n) is 6.37. The molecule has 0 atom stereocenters. The molecule has 2 N–H and O–H groups in total. The van der Waals surface area contributed by atoms with Crippen molar-refractivity contribution in [1.29, 1.82) is 0 Å². The van der Waals surface area contributed by atoms with Crippen molar-refractivity contribution in [2.45, 2.75) is 6.61 Å². The van der Waals surface area contributed by atoms with Gasteiger partial charge in [0.25, 0.3) is 11.8 Å². The Morgan fingerprint density at radius 2 is 1.57 bits per heavy atom. The zero-order valence-electron chi connectivity index (χ0n) is 11.6. The third-order valence-electron chi connectivity index (χ3n) is 2.74. The minimum atomic E-state index is -3.05. The molecule has 2 rings (SSSR count). The van der Waals surface area contributed by atoms with E-state index in [1.165, 1.54) is 24.3 Å². The molecule has 0 radical (unpaired) electrons. The molecule has 0 aliphatic heterocycles. The van der Waals surface area contributed by atoms with Crippen molar-refractivity contribution < 1.29 is 23.1 Å². The summed E-state index contributed by atoms with van der Waals surface area (Å²) in [5.41, 5.74) is 4.55. The topological polar surface area (TPSA) is 67.4 Å². The Morgan fingerprint density at radius 1 is 0.957 bits per heavy atom. The predicted octanol–water partition coefficient (Wildman–Crippen LogP) is 3.13. The molecule has 0 heterocycles. The smallest absolute Gasteiger partial charge is 0.387 e. The summed E-state index contributed by atoms with van der Waals surface area (Å²) in [5.74, 6) is -1.59. The number of benzene rings is 2. The van der Waals surface area contributed by atoms with Crippen LogP contribution in [0.3, 0.4) is 0 Å². The first-order chi connectivity index (χ1) is 11.0. The molecule has 0 bridgehead atoms. The Morgan fingerprint density at radius 3 is 2.22 bits per heavy atom. The molecule has 0 fully saturated rings. The average molecular weight is 385 g/mol. The average Bonchev–Trinajstić information content (AvgIpc) is 2.53. The lowest BCUT2D eigenvalue weighted by molar-refractivity contribution is -0.0501. The van der Waals surface area contributed by atoms with Crippen LogP contribution in [0.4, 0.5) is 8.78 Å². The minimum absolute atomic E-state index is 0.121. The van der Waals surface area contributed by atoms with E-state index < -0.39 is 18.4 Å². The number of ether oxygens (including phenoxy) is 1. The molecule has 120 valence electrons. The van der Waals surface area contributed by atoms with Gasteiger partial charge in [0, 0.05) is 10.0 Å². The van der Waals surface area contributed by atoms with Gasteiger partial charge in [-0.05, 0) is 36.4 Å². The molecule has 0 saturated heterocycles. The van der Waals surface area contributed by atoms with E-state index in [2.05, 4.69) is 31.5 Å². The highest BCUT2D eigenvalue weighted by molar-refractivity contribution is 9.10. The molecule has 0 saturated carbocycles. The van der Waals surface area contributed by atoms with Crippen LogP contribution in [0, 0.1) is 0 Å². The van der Waals surface area contributed by atoms with Gasteiger partial charge in [0.2, 0.25) is 0 Å². The maximum Gasteiger partial charge on any atom is 0.387 e. The largest absolute Gasteiger partial charge is 0.434 e. The van der Waals surface area contributed by atoms with Crippen LogP contribution in [0.5, 0.6) is 5.75 Å². The van der Waals surface area contributed by atoms with Gasteiger partial charge in [-0.2, -0.15) is 8.78 Å². The van der Waals surface area contributed by atoms with Crippen molar-refractivity contribution in [1.82, 2.24) is 10.9 Å². The first-order valence-corrected chi connectivity index (χ1v) is 7.17. The van der Waals surface area contributed by atoms with E-state index in [0.29, 0.717) is 5.56 Å². The normalized spacial score (nSPS) is 10.3. The highest BCUT2D eigenvalue weighted by Crippen LogP contribution is 2.19. The fourth-order valence-corrected chi connectivity index (χ4v) is 1.97. The van der Waals surface area contributed by atoms with Gasteiger partial charge in [0.15, 0.2) is 0 Å². The highest BCUT2D eigenvalue weighted by atomic mass is 79.9. The molecule has 2 amide bonds. The van der Waals surface area contributed by atoms with Gasteiger partial charge in [-0.25, -0.2) is 0 Å². The van der Waals surface area contributed by atoms with Gasteiger partial charge in [0.1, 0.15) is 5.75 Å². The number of hydrogen-bond donors (Lipinski definition) is 2. The van der Waals surface area contributed by atoms with Crippen molar-refractivity contribution in [2.75, 3.05) is 0 Å². The van der Waals surface area contributed by atoms with Gasteiger partial charge in [-0.1, -0.05) is 28.1 Å². The van der Waals surface area contributed by atoms with Gasteiger partial charge in [-0.15, -0.1) is 0 Å². The molecular formula is C15H11BrF2N2O3. The fourth-order valence-electron chi connectivity index (χ4n) is 1.71. The van der Waals surface area contributed by atoms with Gasteiger partial charge >= 0.3 is 6.61 Å². The van der Waals surface area contributed by atoms with Crippen molar-refractivity contribution in [3.63, 3.8) is 0 Å². The molecule has 8 heteroatoms. The summed E-state index contributed by atoms with van der Waals surface area (Å²) < 4.78 is 29.7. The molecule has 0 aromatic heterocycles. The molecule has 0 unspecified atom stereocenters. The number of carbonyl (C=O) groups is 2. The molecule has 0 spiro atoms. The number of halogens is 3. The van der Waals surface area contributed by atoms with Crippen LogP contribution in [-0.2, 0) is 0 Å². The third-order valence-corrected chi connectivity index (χ3v) is 3.27. The zero-order valence-corrected chi connectivity index (χ0v) is 13.1. The third kappa shape index (κ3) is 4.75. The van der Waals surface area contributed by atoms with E-state index in [1.54, 1.807) is 24.3 Å². The number of carbonyl (C=O) groups excluding carboxylic acids is 2. The van der Waals surface area contributed by atoms with Crippen molar-refractivity contribution in [2.24, 2.45) is 0 Å². The maximum absolute atomic E-state index is 12.3. The number of para-hydroxylation sites is 1. The summed E-state index contributed by atoms with van der Waals surface area (Å²) >= 11 is 3.24. The quantitative estimate of drug-likeness (QED) is 0.795. The molecule has 2 aromatic rings. The van der Waals surface area contributed by atoms with Crippen LogP contribution in [0.25, 0.3) is 0 Å². The van der Waals surface area contributed by atoms with Crippen LogP contribution in [-0.4, -0.2) is 18.4 Å². The van der Waals surface area contributed by atoms with Crippen LogP contribution >= 0.6 is 15.9 Å². The van der Waals surface area contributed by atoms with Crippen molar-refractivity contribution in [3.05, 3.63) is 64.1 Å². The van der Waals surface area contributed by atoms with E-state index in [0.717, 1.165) is 4.47 Å². The highest BCUT2D eigenvalue weighted by Gasteiger charge is 2.16. The summed E-state index contributed by atoms with van der Waals surface area (Å²) in [6, 6.07) is 11.9. The number of hydrogen-bond acceptors (Lipinski definition) is 3. The van der Waals surface area contributed by atoms with Gasteiger partial charge in [-0.3, -0.25) is 20.4 Å². The van der Waals surface area contributed by atoms with E-state index in [-0.39, 0.29) is 11.3 Å². The van der Waals surface area contributed by atoms with E-state index >= 15 is 0 Å². The number of nitrogens with one attached hydrogen (secondary N) is 2. The molecule has 23 heavy (non-hydrogen) atoms. The monoisotopic (exact) mass is 384 g/mol. The Hall–Kier alpha value is -2.48. The lowest BCUT2D eigenvalue weighted by Crippen LogP contribution is -2.41. The van der Waals surface area contributed by atoms with Crippen LogP contribution in [0.2, 0.25) is 0 Å². The number of rotatable bonds is 4. The lowest BCUT2D eigenvalue weighted by Gasteiger charge is -2.11. The van der Waals surface area contributed by atoms with Crippen LogP contribution in [0.15, 0.2) is 53.0 Å². The Bertz CT molecular complexity index is 708. The van der Waals surface area contributed by atoms with Gasteiger partial charge < -0.3 is 4.74 Å². The number of amides is 2. The summed E-state index contributed by atoms with van der Waals surface area (Å²) in [7, 11) is 0. The Labute approximate surface area is 138 Å². The Balaban J connectivity index is 2.02. The van der Waals surface area contributed by atoms with Gasteiger partial charge in [0.05, 0.1) is 5.56 Å². The zero-order chi connectivity index (χ0) is 16.8. The van der Waals surface area contributed by atoms with E-state index in [4.69, 9.17) is 0 Å². The SMILES string of the molecule is O=C(NNC(=O)c1ccccc1OC(F)F)c1ccc(Br)cc1. The molecular weight excluding hydrogens is 374 g/mol. The predicted molar refractivity (Wildman–Crippen MR) is 82.1 cm³/mol. The van der Waals surface area contributed by atoms with Crippen LogP contribution < -0.4 is 15.6 Å². The summed E-state index contributed by atoms with van der Waals surface area (Å²) in [6.45, 7) is -3.05. The van der Waals surface area contributed by atoms with Crippen LogP contribution in [0.1, 0.15) is 20.7 Å². The number of alkyl halides is 2. The first kappa shape index (κ1) is 16.9. The summed E-state index contributed by atoms with van der Waals surface area (Å²) in [4.78, 5) is 23.8.